The molecule has 0 radical (unpaired) electrons. The van der Waals surface area contributed by atoms with Gasteiger partial charge in [-0.15, -0.1) is 0 Å². The highest BCUT2D eigenvalue weighted by molar-refractivity contribution is 6.31. The fourth-order valence-electron chi connectivity index (χ4n) is 2.95. The van der Waals surface area contributed by atoms with Gasteiger partial charge >= 0.3 is 5.69 Å². The summed E-state index contributed by atoms with van der Waals surface area (Å²) in [6.45, 7) is 3.45. The number of aryl methyl sites for hydroxylation is 2. The Kier molecular flexibility index (Phi) is 5.03. The minimum absolute atomic E-state index is 0.173. The zero-order valence-corrected chi connectivity index (χ0v) is 16.9. The monoisotopic (exact) mass is 405 g/mol. The number of fused-ring (bicyclic) bond motifs is 1. The Labute approximate surface area is 165 Å². The van der Waals surface area contributed by atoms with E-state index in [-0.39, 0.29) is 17.1 Å². The summed E-state index contributed by atoms with van der Waals surface area (Å²) in [5.74, 6) is 0.0418. The first-order valence-electron chi connectivity index (χ1n) is 8.45. The Morgan fingerprint density at radius 2 is 1.93 bits per heavy atom. The zero-order chi connectivity index (χ0) is 20.7. The van der Waals surface area contributed by atoms with Gasteiger partial charge in [-0.25, -0.2) is 9.78 Å². The third kappa shape index (κ3) is 3.07. The lowest BCUT2D eigenvalue weighted by Gasteiger charge is -2.17. The van der Waals surface area contributed by atoms with E-state index in [4.69, 9.17) is 16.3 Å². The Balaban J connectivity index is 2.03. The van der Waals surface area contributed by atoms with E-state index in [2.05, 4.69) is 10.3 Å². The Bertz CT molecular complexity index is 1210. The van der Waals surface area contributed by atoms with Gasteiger partial charge in [0.25, 0.3) is 5.56 Å². The van der Waals surface area contributed by atoms with Crippen LogP contribution >= 0.6 is 11.6 Å². The molecule has 1 atom stereocenters. The largest absolute Gasteiger partial charge is 0.495 e. The molecule has 28 heavy (non-hydrogen) atoms. The van der Waals surface area contributed by atoms with E-state index in [0.717, 1.165) is 10.1 Å². The SMILES string of the molecule is COc1cc(Cl)c(C)cc1NC(=O)C(C)n1cnc2c1c(=O)n(C)c(=O)n2C. The fraction of sp³-hybridized carbons (Fsp3) is 0.333. The number of halogens is 1. The van der Waals surface area contributed by atoms with Gasteiger partial charge in [0.15, 0.2) is 11.2 Å². The average Bonchev–Trinajstić information content (AvgIpc) is 3.11. The van der Waals surface area contributed by atoms with E-state index < -0.39 is 17.3 Å². The van der Waals surface area contributed by atoms with Crippen molar-refractivity contribution in [2.24, 2.45) is 14.1 Å². The molecule has 0 aliphatic rings. The summed E-state index contributed by atoms with van der Waals surface area (Å²) < 4.78 is 8.97. The van der Waals surface area contributed by atoms with Gasteiger partial charge in [0.05, 0.1) is 19.1 Å². The lowest BCUT2D eigenvalue weighted by Crippen LogP contribution is -2.38. The van der Waals surface area contributed by atoms with Gasteiger partial charge in [-0.3, -0.25) is 18.7 Å². The predicted molar refractivity (Wildman–Crippen MR) is 106 cm³/mol. The van der Waals surface area contributed by atoms with Crippen molar-refractivity contribution in [1.29, 1.82) is 0 Å². The second-order valence-corrected chi connectivity index (χ2v) is 6.90. The van der Waals surface area contributed by atoms with Crippen molar-refractivity contribution in [2.75, 3.05) is 12.4 Å². The molecule has 1 amide bonds. The minimum Gasteiger partial charge on any atom is -0.495 e. The average molecular weight is 406 g/mol. The molecule has 148 valence electrons. The van der Waals surface area contributed by atoms with Gasteiger partial charge in [0.2, 0.25) is 5.91 Å². The van der Waals surface area contributed by atoms with Crippen molar-refractivity contribution >= 4 is 34.4 Å². The first-order valence-corrected chi connectivity index (χ1v) is 8.82. The van der Waals surface area contributed by atoms with Crippen LogP contribution < -0.4 is 21.3 Å². The number of nitrogens with one attached hydrogen (secondary N) is 1. The number of aromatic nitrogens is 4. The number of ether oxygens (including phenoxy) is 1. The highest BCUT2D eigenvalue weighted by atomic mass is 35.5. The maximum atomic E-state index is 12.8. The maximum Gasteiger partial charge on any atom is 0.332 e. The fourth-order valence-corrected chi connectivity index (χ4v) is 3.10. The molecule has 0 aliphatic carbocycles. The molecule has 2 heterocycles. The van der Waals surface area contributed by atoms with Crippen molar-refractivity contribution in [3.63, 3.8) is 0 Å². The van der Waals surface area contributed by atoms with Gasteiger partial charge < -0.3 is 14.6 Å². The number of benzene rings is 1. The number of nitrogens with zero attached hydrogens (tertiary/aromatic N) is 4. The van der Waals surface area contributed by atoms with Crippen LogP contribution in [-0.4, -0.2) is 31.7 Å². The van der Waals surface area contributed by atoms with Gasteiger partial charge in [0, 0.05) is 25.2 Å². The van der Waals surface area contributed by atoms with E-state index in [9.17, 15) is 14.4 Å². The van der Waals surface area contributed by atoms with E-state index in [1.165, 1.54) is 36.7 Å². The molecule has 0 spiro atoms. The molecule has 0 fully saturated rings. The standard InChI is InChI=1S/C18H20ClN5O4/c1-9-6-12(13(28-5)7-11(9)19)21-16(25)10(2)24-8-20-15-14(24)17(26)23(4)18(27)22(15)3/h6-8,10H,1-5H3,(H,21,25). The van der Waals surface area contributed by atoms with Crippen LogP contribution in [0.1, 0.15) is 18.5 Å². The predicted octanol–water partition coefficient (Wildman–Crippen LogP) is 1.60. The van der Waals surface area contributed by atoms with Gasteiger partial charge in [-0.05, 0) is 25.5 Å². The number of rotatable bonds is 4. The summed E-state index contributed by atoms with van der Waals surface area (Å²) >= 11 is 6.10. The van der Waals surface area contributed by atoms with Crippen LogP contribution in [0.3, 0.4) is 0 Å². The van der Waals surface area contributed by atoms with Crippen molar-refractivity contribution in [1.82, 2.24) is 18.7 Å². The quantitative estimate of drug-likeness (QED) is 0.710. The lowest BCUT2D eigenvalue weighted by atomic mass is 10.2. The summed E-state index contributed by atoms with van der Waals surface area (Å²) in [4.78, 5) is 41.6. The van der Waals surface area contributed by atoms with Crippen LogP contribution in [0, 0.1) is 6.92 Å². The van der Waals surface area contributed by atoms with Crippen molar-refractivity contribution in [3.05, 3.63) is 49.9 Å². The second kappa shape index (κ2) is 7.16. The first-order chi connectivity index (χ1) is 13.2. The highest BCUT2D eigenvalue weighted by Gasteiger charge is 2.23. The van der Waals surface area contributed by atoms with Crippen LogP contribution in [0.5, 0.6) is 5.75 Å². The summed E-state index contributed by atoms with van der Waals surface area (Å²) in [5, 5.41) is 3.31. The minimum atomic E-state index is -0.768. The Morgan fingerprint density at radius 1 is 1.25 bits per heavy atom. The number of hydrogen-bond acceptors (Lipinski definition) is 5. The van der Waals surface area contributed by atoms with Gasteiger partial charge in [-0.2, -0.15) is 0 Å². The molecule has 10 heteroatoms. The number of anilines is 1. The number of imidazole rings is 1. The molecule has 9 nitrogen and oxygen atoms in total. The van der Waals surface area contributed by atoms with Crippen LogP contribution in [-0.2, 0) is 18.9 Å². The molecule has 1 N–H and O–H groups in total. The zero-order valence-electron chi connectivity index (χ0n) is 16.1. The molecule has 2 aromatic heterocycles. The molecule has 0 saturated heterocycles. The second-order valence-electron chi connectivity index (χ2n) is 6.50. The molecule has 1 aromatic carbocycles. The number of methoxy groups -OCH3 is 1. The van der Waals surface area contributed by atoms with Crippen molar-refractivity contribution < 1.29 is 9.53 Å². The number of carbonyl (C=O) groups excluding carboxylic acids is 1. The number of hydrogen-bond donors (Lipinski definition) is 1. The molecular formula is C18H20ClN5O4. The van der Waals surface area contributed by atoms with Crippen molar-refractivity contribution in [3.8, 4) is 5.75 Å². The summed E-state index contributed by atoms with van der Waals surface area (Å²) in [5.41, 5.74) is 0.629. The van der Waals surface area contributed by atoms with Crippen LogP contribution in [0.25, 0.3) is 11.2 Å². The molecule has 0 bridgehead atoms. The summed E-state index contributed by atoms with van der Waals surface area (Å²) in [6.07, 6.45) is 1.38. The Hall–Kier alpha value is -3.07. The molecule has 0 aliphatic heterocycles. The van der Waals surface area contributed by atoms with Crippen molar-refractivity contribution in [2.45, 2.75) is 19.9 Å². The summed E-state index contributed by atoms with van der Waals surface area (Å²) in [7, 11) is 4.38. The topological polar surface area (TPSA) is 100 Å². The van der Waals surface area contributed by atoms with E-state index in [1.807, 2.05) is 6.92 Å². The molecule has 0 saturated carbocycles. The van der Waals surface area contributed by atoms with Crippen LogP contribution in [0.4, 0.5) is 5.69 Å². The maximum absolute atomic E-state index is 12.8. The molecule has 3 rings (SSSR count). The Morgan fingerprint density at radius 3 is 2.57 bits per heavy atom. The van der Waals surface area contributed by atoms with E-state index >= 15 is 0 Å². The molecule has 1 unspecified atom stereocenters. The smallest absolute Gasteiger partial charge is 0.332 e. The number of carbonyl (C=O) groups is 1. The normalized spacial score (nSPS) is 12.2. The first kappa shape index (κ1) is 19.7. The van der Waals surface area contributed by atoms with Gasteiger partial charge in [-0.1, -0.05) is 11.6 Å². The number of amides is 1. The van der Waals surface area contributed by atoms with E-state index in [1.54, 1.807) is 19.1 Å². The van der Waals surface area contributed by atoms with E-state index in [0.29, 0.717) is 16.5 Å². The third-order valence-electron chi connectivity index (χ3n) is 4.71. The van der Waals surface area contributed by atoms with Crippen LogP contribution in [0.15, 0.2) is 28.0 Å². The van der Waals surface area contributed by atoms with Gasteiger partial charge in [0.1, 0.15) is 11.8 Å². The van der Waals surface area contributed by atoms with Crippen LogP contribution in [0.2, 0.25) is 5.02 Å². The molecule has 3 aromatic rings. The third-order valence-corrected chi connectivity index (χ3v) is 5.12. The summed E-state index contributed by atoms with van der Waals surface area (Å²) in [6, 6.07) is 2.56. The lowest BCUT2D eigenvalue weighted by molar-refractivity contribution is -0.118. The molecular weight excluding hydrogens is 386 g/mol. The highest BCUT2D eigenvalue weighted by Crippen LogP contribution is 2.31.